The Bertz CT molecular complexity index is 828. The number of hydrogen-bond acceptors (Lipinski definition) is 3. The van der Waals surface area contributed by atoms with Gasteiger partial charge < -0.3 is 0 Å². The molecule has 1 aromatic carbocycles. The molecular weight excluding hydrogens is 327 g/mol. The van der Waals surface area contributed by atoms with Crippen LogP contribution in [0.2, 0.25) is 0 Å². The molecule has 5 saturated carbocycles. The van der Waals surface area contributed by atoms with Gasteiger partial charge in [-0.1, -0.05) is 12.1 Å². The van der Waals surface area contributed by atoms with E-state index < -0.39 is 17.3 Å². The van der Waals surface area contributed by atoms with Crippen LogP contribution in [0.15, 0.2) is 24.3 Å². The van der Waals surface area contributed by atoms with Crippen molar-refractivity contribution in [2.75, 3.05) is 0 Å². The zero-order valence-electron chi connectivity index (χ0n) is 14.6. The molecule has 5 fully saturated rings. The highest BCUT2D eigenvalue weighted by atomic mass is 19.1. The monoisotopic (exact) mass is 348 g/mol. The number of rotatable bonds is 3. The summed E-state index contributed by atoms with van der Waals surface area (Å²) in [5.74, 6) is 0.541. The van der Waals surface area contributed by atoms with Crippen molar-refractivity contribution in [1.82, 2.24) is 0 Å². The molecule has 2 atom stereocenters. The van der Waals surface area contributed by atoms with Crippen molar-refractivity contribution in [1.29, 1.82) is 10.5 Å². The van der Waals surface area contributed by atoms with Crippen LogP contribution in [0.4, 0.5) is 4.39 Å². The second-order valence-corrected chi connectivity index (χ2v) is 9.17. The van der Waals surface area contributed by atoms with Crippen molar-refractivity contribution in [2.24, 2.45) is 34.5 Å². The molecule has 4 bridgehead atoms. The van der Waals surface area contributed by atoms with Crippen LogP contribution in [-0.4, -0.2) is 5.78 Å². The molecule has 26 heavy (non-hydrogen) atoms. The predicted molar refractivity (Wildman–Crippen MR) is 91.9 cm³/mol. The highest BCUT2D eigenvalue weighted by Crippen LogP contribution is 2.70. The van der Waals surface area contributed by atoms with Crippen molar-refractivity contribution >= 4 is 5.78 Å². The third kappa shape index (κ3) is 1.99. The number of carbonyl (C=O) groups excluding carboxylic acids is 1. The number of Topliss-reactive ketones (excluding diaryl/α,β-unsaturated/α-hetero) is 1. The molecule has 4 heteroatoms. The molecule has 5 aliphatic rings. The number of hydrogen-bond donors (Lipinski definition) is 0. The van der Waals surface area contributed by atoms with E-state index in [1.165, 1.54) is 31.4 Å². The zero-order valence-corrected chi connectivity index (χ0v) is 14.6. The Balaban J connectivity index is 1.52. The second kappa shape index (κ2) is 5.17. The minimum Gasteiger partial charge on any atom is -0.299 e. The molecule has 3 nitrogen and oxygen atoms in total. The summed E-state index contributed by atoms with van der Waals surface area (Å²) in [6.07, 6.45) is 6.51. The van der Waals surface area contributed by atoms with Crippen molar-refractivity contribution in [3.8, 4) is 12.1 Å². The smallest absolute Gasteiger partial charge is 0.161 e. The van der Waals surface area contributed by atoms with Crippen LogP contribution >= 0.6 is 0 Å². The number of carbonyl (C=O) groups is 1. The minimum absolute atomic E-state index is 0.119. The second-order valence-electron chi connectivity index (χ2n) is 9.17. The molecule has 0 N–H and O–H groups in total. The predicted octanol–water partition coefficient (Wildman–Crippen LogP) is 4.36. The summed E-state index contributed by atoms with van der Waals surface area (Å²) >= 11 is 0. The fourth-order valence-corrected chi connectivity index (χ4v) is 6.95. The van der Waals surface area contributed by atoms with Crippen LogP contribution in [0.5, 0.6) is 0 Å². The quantitative estimate of drug-likeness (QED) is 0.815. The van der Waals surface area contributed by atoms with Crippen LogP contribution in [0, 0.1) is 63.0 Å². The van der Waals surface area contributed by atoms with Gasteiger partial charge in [-0.2, -0.15) is 10.5 Å². The maximum Gasteiger partial charge on any atom is 0.161 e. The fourth-order valence-electron chi connectivity index (χ4n) is 6.95. The topological polar surface area (TPSA) is 64.7 Å². The Hall–Kier alpha value is -2.20. The highest BCUT2D eigenvalue weighted by Gasteiger charge is 2.73. The van der Waals surface area contributed by atoms with E-state index in [4.69, 9.17) is 0 Å². The SMILES string of the molecule is N#CC1(C#N)[C@H](C(=O)C23CC4CC(CC(C4)C2)C3)[C@H]1c1cccc(F)c1. The first kappa shape index (κ1) is 16.0. The van der Waals surface area contributed by atoms with E-state index in [-0.39, 0.29) is 17.0 Å². The summed E-state index contributed by atoms with van der Waals surface area (Å²) in [7, 11) is 0. The van der Waals surface area contributed by atoms with Gasteiger partial charge >= 0.3 is 0 Å². The molecule has 0 amide bonds. The number of nitriles is 2. The van der Waals surface area contributed by atoms with Gasteiger partial charge in [-0.15, -0.1) is 0 Å². The lowest BCUT2D eigenvalue weighted by atomic mass is 9.48. The van der Waals surface area contributed by atoms with Gasteiger partial charge in [0.15, 0.2) is 5.41 Å². The van der Waals surface area contributed by atoms with Crippen LogP contribution in [0.1, 0.15) is 50.0 Å². The van der Waals surface area contributed by atoms with Gasteiger partial charge in [0.2, 0.25) is 0 Å². The minimum atomic E-state index is -1.33. The van der Waals surface area contributed by atoms with E-state index in [0.717, 1.165) is 19.3 Å². The Morgan fingerprint density at radius 3 is 2.12 bits per heavy atom. The van der Waals surface area contributed by atoms with E-state index in [9.17, 15) is 19.7 Å². The summed E-state index contributed by atoms with van der Waals surface area (Å²) in [6.45, 7) is 0. The third-order valence-corrected chi connectivity index (χ3v) is 7.63. The Morgan fingerprint density at radius 2 is 1.62 bits per heavy atom. The summed E-state index contributed by atoms with van der Waals surface area (Å²) in [5.41, 5.74) is -1.05. The molecule has 0 radical (unpaired) electrons. The van der Waals surface area contributed by atoms with Gasteiger partial charge in [-0.3, -0.25) is 4.79 Å². The van der Waals surface area contributed by atoms with Crippen LogP contribution in [0.25, 0.3) is 0 Å². The molecule has 1 aromatic rings. The molecule has 0 aliphatic heterocycles. The Kier molecular flexibility index (Phi) is 3.18. The van der Waals surface area contributed by atoms with Crippen LogP contribution in [0.3, 0.4) is 0 Å². The number of halogens is 1. The molecule has 0 spiro atoms. The first-order valence-corrected chi connectivity index (χ1v) is 9.63. The summed E-state index contributed by atoms with van der Waals surface area (Å²) in [6, 6.07) is 10.3. The lowest BCUT2D eigenvalue weighted by molar-refractivity contribution is -0.145. The van der Waals surface area contributed by atoms with Gasteiger partial charge in [0.05, 0.1) is 18.1 Å². The zero-order chi connectivity index (χ0) is 18.1. The largest absolute Gasteiger partial charge is 0.299 e. The molecule has 0 heterocycles. The molecular formula is C22H21FN2O. The third-order valence-electron chi connectivity index (χ3n) is 7.63. The van der Waals surface area contributed by atoms with Crippen molar-refractivity contribution < 1.29 is 9.18 Å². The Morgan fingerprint density at radius 1 is 1.04 bits per heavy atom. The van der Waals surface area contributed by atoms with Crippen molar-refractivity contribution in [3.05, 3.63) is 35.6 Å². The molecule has 5 aliphatic carbocycles. The van der Waals surface area contributed by atoms with Gasteiger partial charge in [-0.05, 0) is 74.0 Å². The van der Waals surface area contributed by atoms with Crippen molar-refractivity contribution in [2.45, 2.75) is 44.4 Å². The van der Waals surface area contributed by atoms with Gasteiger partial charge in [0.1, 0.15) is 11.6 Å². The molecule has 132 valence electrons. The maximum absolute atomic E-state index is 13.7. The highest BCUT2D eigenvalue weighted by molar-refractivity contribution is 5.94. The maximum atomic E-state index is 13.7. The summed E-state index contributed by atoms with van der Waals surface area (Å²) in [4.78, 5) is 13.7. The van der Waals surface area contributed by atoms with Gasteiger partial charge in [-0.25, -0.2) is 4.39 Å². The van der Waals surface area contributed by atoms with E-state index in [1.807, 2.05) is 0 Å². The van der Waals surface area contributed by atoms with Crippen molar-refractivity contribution in [3.63, 3.8) is 0 Å². The average Bonchev–Trinajstić information content (AvgIpc) is 3.29. The van der Waals surface area contributed by atoms with Gasteiger partial charge in [0, 0.05) is 11.3 Å². The summed E-state index contributed by atoms with van der Waals surface area (Å²) in [5, 5.41) is 19.5. The van der Waals surface area contributed by atoms with Crippen LogP contribution < -0.4 is 0 Å². The lowest BCUT2D eigenvalue weighted by Gasteiger charge is -2.56. The first-order chi connectivity index (χ1) is 12.5. The lowest BCUT2D eigenvalue weighted by Crippen LogP contribution is -2.50. The van der Waals surface area contributed by atoms with Gasteiger partial charge in [0.25, 0.3) is 0 Å². The van der Waals surface area contributed by atoms with Crippen LogP contribution in [-0.2, 0) is 4.79 Å². The number of nitrogens with zero attached hydrogens (tertiary/aromatic N) is 2. The normalized spacial score (nSPS) is 41.3. The van der Waals surface area contributed by atoms with E-state index in [0.29, 0.717) is 23.3 Å². The summed E-state index contributed by atoms with van der Waals surface area (Å²) < 4.78 is 13.7. The fraction of sp³-hybridized carbons (Fsp3) is 0.591. The first-order valence-electron chi connectivity index (χ1n) is 9.63. The number of benzene rings is 1. The molecule has 0 saturated heterocycles. The van der Waals surface area contributed by atoms with E-state index in [1.54, 1.807) is 12.1 Å². The molecule has 0 aromatic heterocycles. The molecule has 0 unspecified atom stereocenters. The number of ketones is 1. The average molecular weight is 348 g/mol. The van der Waals surface area contributed by atoms with E-state index >= 15 is 0 Å². The molecule has 6 rings (SSSR count). The Labute approximate surface area is 152 Å². The standard InChI is InChI=1S/C22H21FN2O/c23-17-3-1-2-16(7-17)18-19(22(18,11-24)12-25)20(26)21-8-13-4-14(9-21)6-15(5-13)10-21/h1-3,7,13-15,18-19H,4-6,8-10H2/t13?,14?,15?,18-,19+,21?/m1/s1. The van der Waals surface area contributed by atoms with E-state index in [2.05, 4.69) is 12.1 Å².